The second-order valence-electron chi connectivity index (χ2n) is 4.15. The molecule has 2 aromatic rings. The minimum atomic E-state index is -0.390. The molecule has 2 rings (SSSR count). The number of nitrogens with zero attached hydrogens (tertiary/aromatic N) is 3. The van der Waals surface area contributed by atoms with Crippen LogP contribution in [0.4, 0.5) is 5.82 Å². The first-order valence-electron chi connectivity index (χ1n) is 6.19. The molecule has 21 heavy (non-hydrogen) atoms. The molecule has 0 aliphatic carbocycles. The van der Waals surface area contributed by atoms with Crippen LogP contribution in [0.3, 0.4) is 0 Å². The molecular formula is C12H13Cl2N5OS. The van der Waals surface area contributed by atoms with E-state index in [2.05, 4.69) is 25.5 Å². The first-order chi connectivity index (χ1) is 9.99. The molecule has 2 heterocycles. The Morgan fingerprint density at radius 3 is 2.90 bits per heavy atom. The second-order valence-corrected chi connectivity index (χ2v) is 6.30. The number of thioether (sulfide) groups is 1. The van der Waals surface area contributed by atoms with Gasteiger partial charge in [-0.3, -0.25) is 9.89 Å². The van der Waals surface area contributed by atoms with E-state index in [1.807, 2.05) is 6.92 Å². The van der Waals surface area contributed by atoms with Crippen molar-refractivity contribution in [2.75, 3.05) is 5.32 Å². The van der Waals surface area contributed by atoms with E-state index < -0.39 is 0 Å². The summed E-state index contributed by atoms with van der Waals surface area (Å²) in [5.41, 5.74) is 0. The molecule has 1 unspecified atom stereocenters. The van der Waals surface area contributed by atoms with Gasteiger partial charge in [-0.15, -0.1) is 5.10 Å². The number of aromatic nitrogens is 4. The van der Waals surface area contributed by atoms with Gasteiger partial charge in [0.1, 0.15) is 5.82 Å². The molecule has 0 bridgehead atoms. The van der Waals surface area contributed by atoms with E-state index in [0.29, 0.717) is 15.2 Å². The van der Waals surface area contributed by atoms with Crippen LogP contribution in [0.15, 0.2) is 17.4 Å². The molecule has 2 aromatic heterocycles. The lowest BCUT2D eigenvalue weighted by molar-refractivity contribution is -0.115. The number of carbonyl (C=O) groups excluding carboxylic acids is 1. The smallest absolute Gasteiger partial charge is 0.238 e. The number of anilines is 1. The number of nitrogens with one attached hydrogen (secondary N) is 2. The van der Waals surface area contributed by atoms with Gasteiger partial charge in [0.25, 0.3) is 0 Å². The Balaban J connectivity index is 1.99. The fraction of sp³-hybridized carbons (Fsp3) is 0.333. The number of amides is 1. The predicted molar refractivity (Wildman–Crippen MR) is 84.0 cm³/mol. The van der Waals surface area contributed by atoms with Crippen molar-refractivity contribution in [1.29, 1.82) is 0 Å². The molecule has 0 aromatic carbocycles. The van der Waals surface area contributed by atoms with Crippen LogP contribution in [0.1, 0.15) is 19.7 Å². The number of H-pyrrole nitrogens is 1. The topological polar surface area (TPSA) is 83.6 Å². The Morgan fingerprint density at radius 1 is 1.52 bits per heavy atom. The molecule has 0 spiro atoms. The zero-order valence-corrected chi connectivity index (χ0v) is 13.7. The van der Waals surface area contributed by atoms with Crippen molar-refractivity contribution in [3.8, 4) is 0 Å². The Kier molecular flexibility index (Phi) is 5.44. The van der Waals surface area contributed by atoms with Gasteiger partial charge in [-0.05, 0) is 13.0 Å². The molecule has 2 N–H and O–H groups in total. The van der Waals surface area contributed by atoms with Crippen LogP contribution >= 0.6 is 35.0 Å². The van der Waals surface area contributed by atoms with Gasteiger partial charge in [0.2, 0.25) is 11.1 Å². The lowest BCUT2D eigenvalue weighted by atomic mass is 10.4. The summed E-state index contributed by atoms with van der Waals surface area (Å²) < 4.78 is 0. The van der Waals surface area contributed by atoms with E-state index in [1.54, 1.807) is 6.92 Å². The van der Waals surface area contributed by atoms with E-state index in [0.717, 1.165) is 12.2 Å². The standard InChI is InChI=1S/C12H13Cl2N5OS/c1-3-9-16-12(19-18-9)21-6(2)11(20)17-10-8(14)4-7(13)5-15-10/h4-6H,3H2,1-2H3,(H,15,17,20)(H,16,18,19). The van der Waals surface area contributed by atoms with Crippen molar-refractivity contribution in [2.45, 2.75) is 30.7 Å². The van der Waals surface area contributed by atoms with Gasteiger partial charge in [0.15, 0.2) is 5.82 Å². The molecule has 0 saturated carbocycles. The Labute approximate surface area is 136 Å². The van der Waals surface area contributed by atoms with E-state index in [-0.39, 0.29) is 17.0 Å². The van der Waals surface area contributed by atoms with Gasteiger partial charge in [-0.2, -0.15) is 0 Å². The number of hydrogen-bond acceptors (Lipinski definition) is 5. The zero-order chi connectivity index (χ0) is 15.4. The average Bonchev–Trinajstić information content (AvgIpc) is 2.89. The number of rotatable bonds is 5. The van der Waals surface area contributed by atoms with Crippen molar-refractivity contribution in [3.63, 3.8) is 0 Å². The second kappa shape index (κ2) is 7.11. The van der Waals surface area contributed by atoms with Crippen LogP contribution in [0.25, 0.3) is 0 Å². The minimum absolute atomic E-state index is 0.237. The number of halogens is 2. The molecular weight excluding hydrogens is 333 g/mol. The number of aryl methyl sites for hydroxylation is 1. The summed E-state index contributed by atoms with van der Waals surface area (Å²) in [4.78, 5) is 20.3. The van der Waals surface area contributed by atoms with Crippen LogP contribution < -0.4 is 5.32 Å². The maximum Gasteiger partial charge on any atom is 0.238 e. The van der Waals surface area contributed by atoms with Gasteiger partial charge in [-0.1, -0.05) is 41.9 Å². The highest BCUT2D eigenvalue weighted by atomic mass is 35.5. The fourth-order valence-corrected chi connectivity index (χ4v) is 2.60. The summed E-state index contributed by atoms with van der Waals surface area (Å²) in [6.07, 6.45) is 2.18. The molecule has 6 nitrogen and oxygen atoms in total. The number of hydrogen-bond donors (Lipinski definition) is 2. The zero-order valence-electron chi connectivity index (χ0n) is 11.4. The van der Waals surface area contributed by atoms with Crippen LogP contribution in [0.2, 0.25) is 10.0 Å². The summed E-state index contributed by atoms with van der Waals surface area (Å²) in [6, 6.07) is 1.52. The highest BCUT2D eigenvalue weighted by Gasteiger charge is 2.18. The lowest BCUT2D eigenvalue weighted by Crippen LogP contribution is -2.23. The largest absolute Gasteiger partial charge is 0.308 e. The summed E-state index contributed by atoms with van der Waals surface area (Å²) in [6.45, 7) is 3.73. The van der Waals surface area contributed by atoms with Crippen molar-refractivity contribution in [1.82, 2.24) is 20.2 Å². The summed E-state index contributed by atoms with van der Waals surface area (Å²) >= 11 is 13.0. The van der Waals surface area contributed by atoms with Crippen LogP contribution in [-0.2, 0) is 11.2 Å². The number of carbonyl (C=O) groups is 1. The Hall–Kier alpha value is -1.31. The van der Waals surface area contributed by atoms with Crippen LogP contribution in [0, 0.1) is 0 Å². The molecule has 0 radical (unpaired) electrons. The Bertz CT molecular complexity index is 648. The minimum Gasteiger partial charge on any atom is -0.308 e. The molecule has 0 fully saturated rings. The highest BCUT2D eigenvalue weighted by Crippen LogP contribution is 2.25. The third-order valence-corrected chi connectivity index (χ3v) is 4.00. The number of aromatic amines is 1. The molecule has 0 aliphatic rings. The molecule has 112 valence electrons. The SMILES string of the molecule is CCc1nc(SC(C)C(=O)Nc2ncc(Cl)cc2Cl)n[nH]1. The van der Waals surface area contributed by atoms with Gasteiger partial charge >= 0.3 is 0 Å². The van der Waals surface area contributed by atoms with Gasteiger partial charge in [0, 0.05) is 12.6 Å². The molecule has 0 saturated heterocycles. The normalized spacial score (nSPS) is 12.2. The van der Waals surface area contributed by atoms with E-state index in [9.17, 15) is 4.79 Å². The average molecular weight is 346 g/mol. The quantitative estimate of drug-likeness (QED) is 0.813. The van der Waals surface area contributed by atoms with Crippen molar-refractivity contribution in [3.05, 3.63) is 28.1 Å². The molecule has 1 atom stereocenters. The van der Waals surface area contributed by atoms with Crippen LogP contribution in [0.5, 0.6) is 0 Å². The van der Waals surface area contributed by atoms with Crippen molar-refractivity contribution >= 4 is 46.7 Å². The van der Waals surface area contributed by atoms with Gasteiger partial charge in [0.05, 0.1) is 15.3 Å². The highest BCUT2D eigenvalue weighted by molar-refractivity contribution is 8.00. The molecule has 0 aliphatic heterocycles. The summed E-state index contributed by atoms with van der Waals surface area (Å²) in [5, 5.41) is 10.3. The van der Waals surface area contributed by atoms with Crippen molar-refractivity contribution < 1.29 is 4.79 Å². The maximum absolute atomic E-state index is 12.1. The molecule has 1 amide bonds. The third-order valence-electron chi connectivity index (χ3n) is 2.55. The summed E-state index contributed by atoms with van der Waals surface area (Å²) in [5.74, 6) is 0.829. The van der Waals surface area contributed by atoms with E-state index in [1.165, 1.54) is 24.0 Å². The lowest BCUT2D eigenvalue weighted by Gasteiger charge is -2.10. The van der Waals surface area contributed by atoms with Crippen LogP contribution in [-0.4, -0.2) is 31.3 Å². The maximum atomic E-state index is 12.1. The van der Waals surface area contributed by atoms with Gasteiger partial charge in [-0.25, -0.2) is 9.97 Å². The summed E-state index contributed by atoms with van der Waals surface area (Å²) in [7, 11) is 0. The van der Waals surface area contributed by atoms with Crippen molar-refractivity contribution in [2.24, 2.45) is 0 Å². The predicted octanol–water partition coefficient (Wildman–Crippen LogP) is 3.19. The fourth-order valence-electron chi connectivity index (χ4n) is 1.43. The third kappa shape index (κ3) is 4.33. The monoisotopic (exact) mass is 345 g/mol. The first-order valence-corrected chi connectivity index (χ1v) is 7.83. The van der Waals surface area contributed by atoms with E-state index in [4.69, 9.17) is 23.2 Å². The molecule has 9 heteroatoms. The van der Waals surface area contributed by atoms with E-state index >= 15 is 0 Å². The number of pyridine rings is 1. The van der Waals surface area contributed by atoms with Gasteiger partial charge < -0.3 is 5.32 Å². The Morgan fingerprint density at radius 2 is 2.29 bits per heavy atom. The first kappa shape index (κ1) is 16.1.